The van der Waals surface area contributed by atoms with Gasteiger partial charge >= 0.3 is 0 Å². The number of para-hydroxylation sites is 1. The number of aliphatic hydroxyl groups excluding tert-OH is 1. The molecule has 0 amide bonds. The van der Waals surface area contributed by atoms with Crippen molar-refractivity contribution in [3.05, 3.63) is 42.7 Å². The van der Waals surface area contributed by atoms with Crippen molar-refractivity contribution in [1.29, 1.82) is 0 Å². The minimum Gasteiger partial charge on any atom is -0.507 e. The number of nitrogens with zero attached hydrogens (tertiary/aromatic N) is 4. The van der Waals surface area contributed by atoms with Gasteiger partial charge in [0.2, 0.25) is 0 Å². The van der Waals surface area contributed by atoms with Crippen molar-refractivity contribution >= 4 is 5.82 Å². The van der Waals surface area contributed by atoms with Crippen LogP contribution >= 0.6 is 0 Å². The Morgan fingerprint density at radius 3 is 2.56 bits per heavy atom. The van der Waals surface area contributed by atoms with Crippen molar-refractivity contribution in [1.82, 2.24) is 20.0 Å². The fraction of sp³-hybridized carbons (Fsp3) is 0.350. The summed E-state index contributed by atoms with van der Waals surface area (Å²) in [5.74, 6) is 0.599. The van der Waals surface area contributed by atoms with E-state index in [1.165, 1.54) is 0 Å². The molecule has 0 fully saturated rings. The van der Waals surface area contributed by atoms with Gasteiger partial charge in [0.15, 0.2) is 5.82 Å². The molecule has 3 rings (SSSR count). The summed E-state index contributed by atoms with van der Waals surface area (Å²) in [6.07, 6.45) is 4.47. The fourth-order valence-electron chi connectivity index (χ4n) is 2.64. The molecular formula is C20H27N5O2. The molecule has 0 radical (unpaired) electrons. The van der Waals surface area contributed by atoms with Crippen LogP contribution in [0, 0.1) is 5.92 Å². The lowest BCUT2D eigenvalue weighted by molar-refractivity contribution is 0.203. The number of nitrogens with two attached hydrogens (primary N) is 1. The van der Waals surface area contributed by atoms with Crippen molar-refractivity contribution in [2.75, 3.05) is 12.3 Å². The lowest BCUT2D eigenvalue weighted by Gasteiger charge is -2.10. The van der Waals surface area contributed by atoms with Crippen LogP contribution in [-0.4, -0.2) is 36.8 Å². The zero-order valence-corrected chi connectivity index (χ0v) is 16.0. The van der Waals surface area contributed by atoms with E-state index >= 15 is 0 Å². The summed E-state index contributed by atoms with van der Waals surface area (Å²) in [6.45, 7) is 6.80. The highest BCUT2D eigenvalue weighted by Crippen LogP contribution is 2.31. The molecule has 1 atom stereocenters. The molecule has 27 heavy (non-hydrogen) atoms. The SMILES string of the molecule is CC.CCC(CO)Cn1cc(-c2cc(-c3ccccc3O)nnc2N)cn1. The zero-order chi connectivity index (χ0) is 19.8. The minimum absolute atomic E-state index is 0.127. The predicted octanol–water partition coefficient (Wildman–Crippen LogP) is 3.34. The minimum atomic E-state index is 0.127. The molecule has 1 aromatic carbocycles. The first kappa shape index (κ1) is 20.4. The van der Waals surface area contributed by atoms with E-state index in [9.17, 15) is 10.2 Å². The molecule has 0 aliphatic rings. The molecule has 7 heteroatoms. The lowest BCUT2D eigenvalue weighted by Crippen LogP contribution is -2.13. The molecule has 0 spiro atoms. The summed E-state index contributed by atoms with van der Waals surface area (Å²) in [7, 11) is 0. The molecule has 0 saturated carbocycles. The monoisotopic (exact) mass is 369 g/mol. The Labute approximate surface area is 159 Å². The Hall–Kier alpha value is -2.93. The van der Waals surface area contributed by atoms with Crippen LogP contribution in [-0.2, 0) is 6.54 Å². The number of aromatic hydroxyl groups is 1. The number of benzene rings is 1. The Kier molecular flexibility index (Phi) is 7.31. The average Bonchev–Trinajstić information content (AvgIpc) is 3.17. The number of anilines is 1. The molecular weight excluding hydrogens is 342 g/mol. The summed E-state index contributed by atoms with van der Waals surface area (Å²) in [4.78, 5) is 0. The van der Waals surface area contributed by atoms with Gasteiger partial charge in [-0.05, 0) is 24.6 Å². The van der Waals surface area contributed by atoms with Crippen molar-refractivity contribution < 1.29 is 10.2 Å². The Morgan fingerprint density at radius 2 is 1.89 bits per heavy atom. The van der Waals surface area contributed by atoms with Crippen LogP contribution < -0.4 is 5.73 Å². The number of aromatic nitrogens is 4. The van der Waals surface area contributed by atoms with Crippen LogP contribution in [0.1, 0.15) is 27.2 Å². The second-order valence-corrected chi connectivity index (χ2v) is 5.95. The van der Waals surface area contributed by atoms with Gasteiger partial charge in [0.25, 0.3) is 0 Å². The Balaban J connectivity index is 0.00000126. The molecule has 144 valence electrons. The molecule has 3 aromatic rings. The molecule has 2 aromatic heterocycles. The van der Waals surface area contributed by atoms with E-state index in [2.05, 4.69) is 15.3 Å². The van der Waals surface area contributed by atoms with Crippen molar-refractivity contribution in [2.45, 2.75) is 33.7 Å². The molecule has 0 saturated heterocycles. The van der Waals surface area contributed by atoms with Gasteiger partial charge in [-0.3, -0.25) is 4.68 Å². The highest BCUT2D eigenvalue weighted by molar-refractivity contribution is 5.78. The third-order valence-electron chi connectivity index (χ3n) is 4.23. The van der Waals surface area contributed by atoms with Crippen LogP contribution in [0.5, 0.6) is 5.75 Å². The number of nitrogen functional groups attached to an aromatic ring is 1. The molecule has 0 bridgehead atoms. The molecule has 0 aliphatic heterocycles. The van der Waals surface area contributed by atoms with E-state index in [0.717, 1.165) is 12.0 Å². The van der Waals surface area contributed by atoms with Gasteiger partial charge in [0.1, 0.15) is 5.75 Å². The van der Waals surface area contributed by atoms with Gasteiger partial charge in [-0.1, -0.05) is 32.9 Å². The smallest absolute Gasteiger partial charge is 0.154 e. The number of phenols is 1. The van der Waals surface area contributed by atoms with Crippen molar-refractivity contribution in [2.24, 2.45) is 5.92 Å². The Morgan fingerprint density at radius 1 is 1.15 bits per heavy atom. The maximum atomic E-state index is 10.0. The van der Waals surface area contributed by atoms with Gasteiger partial charge in [-0.15, -0.1) is 10.2 Å². The van der Waals surface area contributed by atoms with E-state index in [-0.39, 0.29) is 18.3 Å². The van der Waals surface area contributed by atoms with Gasteiger partial charge in [0.05, 0.1) is 11.9 Å². The Bertz CT molecular complexity index is 859. The quantitative estimate of drug-likeness (QED) is 0.615. The second kappa shape index (κ2) is 9.68. The van der Waals surface area contributed by atoms with Crippen LogP contribution in [0.4, 0.5) is 5.82 Å². The van der Waals surface area contributed by atoms with Gasteiger partial charge in [0, 0.05) is 42.0 Å². The molecule has 7 nitrogen and oxygen atoms in total. The summed E-state index contributed by atoms with van der Waals surface area (Å²) < 4.78 is 1.79. The highest BCUT2D eigenvalue weighted by Gasteiger charge is 2.13. The highest BCUT2D eigenvalue weighted by atomic mass is 16.3. The van der Waals surface area contributed by atoms with Crippen LogP contribution in [0.25, 0.3) is 22.4 Å². The standard InChI is InChI=1S/C18H21N5O2.C2H6/c1-2-12(11-24)9-23-10-13(8-20-23)15-7-16(21-22-18(15)19)14-5-3-4-6-17(14)25;1-2/h3-8,10,12,24-25H,2,9,11H2,1H3,(H2,19,22);1-2H3. The van der Waals surface area contributed by atoms with Gasteiger partial charge in [-0.25, -0.2) is 0 Å². The number of hydrogen-bond donors (Lipinski definition) is 3. The summed E-state index contributed by atoms with van der Waals surface area (Å²) in [5, 5.41) is 31.8. The van der Waals surface area contributed by atoms with E-state index < -0.39 is 0 Å². The van der Waals surface area contributed by atoms with Crippen LogP contribution in [0.2, 0.25) is 0 Å². The van der Waals surface area contributed by atoms with E-state index in [1.807, 2.05) is 33.0 Å². The zero-order valence-electron chi connectivity index (χ0n) is 16.0. The first-order valence-corrected chi connectivity index (χ1v) is 9.17. The maximum Gasteiger partial charge on any atom is 0.154 e. The number of aliphatic hydroxyl groups is 1. The predicted molar refractivity (Wildman–Crippen MR) is 107 cm³/mol. The van der Waals surface area contributed by atoms with E-state index in [4.69, 9.17) is 5.73 Å². The normalized spacial score (nSPS) is 11.6. The summed E-state index contributed by atoms with van der Waals surface area (Å²) >= 11 is 0. The van der Waals surface area contributed by atoms with Crippen LogP contribution in [0.15, 0.2) is 42.7 Å². The van der Waals surface area contributed by atoms with Crippen LogP contribution in [0.3, 0.4) is 0 Å². The van der Waals surface area contributed by atoms with E-state index in [1.54, 1.807) is 35.1 Å². The third-order valence-corrected chi connectivity index (χ3v) is 4.23. The molecule has 4 N–H and O–H groups in total. The number of phenolic OH excluding ortho intramolecular Hbond substituents is 1. The number of hydrogen-bond acceptors (Lipinski definition) is 6. The molecule has 0 aliphatic carbocycles. The fourth-order valence-corrected chi connectivity index (χ4v) is 2.64. The van der Waals surface area contributed by atoms with Gasteiger partial charge < -0.3 is 15.9 Å². The lowest BCUT2D eigenvalue weighted by atomic mass is 10.1. The summed E-state index contributed by atoms with van der Waals surface area (Å²) in [5.41, 5.74) is 8.64. The van der Waals surface area contributed by atoms with Crippen molar-refractivity contribution in [3.63, 3.8) is 0 Å². The topological polar surface area (TPSA) is 110 Å². The third kappa shape index (κ3) is 4.83. The van der Waals surface area contributed by atoms with Crippen molar-refractivity contribution in [3.8, 4) is 28.1 Å². The second-order valence-electron chi connectivity index (χ2n) is 5.95. The maximum absolute atomic E-state index is 10.0. The van der Waals surface area contributed by atoms with E-state index in [0.29, 0.717) is 29.2 Å². The summed E-state index contributed by atoms with van der Waals surface area (Å²) in [6, 6.07) is 8.74. The van der Waals surface area contributed by atoms with Gasteiger partial charge in [-0.2, -0.15) is 5.10 Å². The molecule has 2 heterocycles. The first-order chi connectivity index (χ1) is 13.1. The molecule has 1 unspecified atom stereocenters. The number of rotatable bonds is 6. The average molecular weight is 369 g/mol. The first-order valence-electron chi connectivity index (χ1n) is 9.17. The largest absolute Gasteiger partial charge is 0.507 e.